The first kappa shape index (κ1) is 8.02. The summed E-state index contributed by atoms with van der Waals surface area (Å²) in [5, 5.41) is 0. The van der Waals surface area contributed by atoms with Crippen molar-refractivity contribution < 1.29 is 4.74 Å². The monoisotopic (exact) mass is 112 g/mol. The Labute approximate surface area is 52.8 Å². The largest absolute Gasteiger partial charge is 0.382 e. The van der Waals surface area contributed by atoms with Gasteiger partial charge in [0.15, 0.2) is 0 Å². The third-order valence-electron chi connectivity index (χ3n) is 0.864. The highest BCUT2D eigenvalue weighted by atomic mass is 16.5. The Bertz CT molecular complexity index is 55.5. The van der Waals surface area contributed by atoms with Crippen LogP contribution in [0.4, 0.5) is 0 Å². The van der Waals surface area contributed by atoms with Gasteiger partial charge in [-0.15, -0.1) is 0 Å². The molecular weight excluding hydrogens is 98.9 g/mol. The molecule has 0 spiro atoms. The maximum atomic E-state index is 5.50. The molecule has 1 saturated heterocycles. The van der Waals surface area contributed by atoms with Crippen molar-refractivity contribution in [1.29, 1.82) is 0 Å². The number of hydrogen-bond acceptors (Lipinski definition) is 1. The maximum Gasteiger partial charge on any atom is 0.0805 e. The van der Waals surface area contributed by atoms with Gasteiger partial charge in [0.1, 0.15) is 0 Å². The average molecular weight is 112 g/mol. The zero-order valence-electron chi connectivity index (χ0n) is 5.90. The third kappa shape index (κ3) is 2.36. The predicted octanol–water partition coefficient (Wildman–Crippen LogP) is 1.39. The van der Waals surface area contributed by atoms with Crippen LogP contribution in [-0.2, 0) is 4.74 Å². The van der Waals surface area contributed by atoms with Crippen LogP contribution in [0.1, 0.15) is 20.8 Å². The lowest BCUT2D eigenvalue weighted by Crippen LogP contribution is -2.32. The first-order chi connectivity index (χ1) is 3.71. The standard InChI is InChI=1S/C4H7BO.C2H6/c1-4(5)2-6-3-4;1-2/h2-3H2,1H3;1-2H3. The van der Waals surface area contributed by atoms with E-state index in [0.717, 1.165) is 13.2 Å². The Morgan fingerprint density at radius 3 is 1.62 bits per heavy atom. The van der Waals surface area contributed by atoms with Gasteiger partial charge in [-0.1, -0.05) is 20.8 Å². The van der Waals surface area contributed by atoms with Gasteiger partial charge in [0.25, 0.3) is 0 Å². The SMILES string of the molecule is CC.[B]C1(C)COC1. The zero-order valence-corrected chi connectivity index (χ0v) is 5.90. The number of rotatable bonds is 0. The minimum atomic E-state index is 0. The van der Waals surface area contributed by atoms with Gasteiger partial charge in [0.05, 0.1) is 7.85 Å². The van der Waals surface area contributed by atoms with Crippen LogP contribution in [0.3, 0.4) is 0 Å². The minimum Gasteiger partial charge on any atom is -0.382 e. The highest BCUT2D eigenvalue weighted by Gasteiger charge is 2.25. The molecule has 46 valence electrons. The molecule has 2 heteroatoms. The van der Waals surface area contributed by atoms with Crippen LogP contribution < -0.4 is 0 Å². The van der Waals surface area contributed by atoms with Crippen LogP contribution in [0.5, 0.6) is 0 Å². The van der Waals surface area contributed by atoms with Crippen LogP contribution in [0, 0.1) is 0 Å². The van der Waals surface area contributed by atoms with Gasteiger partial charge in [-0.3, -0.25) is 0 Å². The van der Waals surface area contributed by atoms with E-state index in [4.69, 9.17) is 12.6 Å². The molecule has 0 unspecified atom stereocenters. The van der Waals surface area contributed by atoms with Crippen molar-refractivity contribution in [2.24, 2.45) is 0 Å². The smallest absolute Gasteiger partial charge is 0.0805 e. The van der Waals surface area contributed by atoms with E-state index in [2.05, 4.69) is 0 Å². The van der Waals surface area contributed by atoms with Crippen LogP contribution in [0.25, 0.3) is 0 Å². The molecule has 0 atom stereocenters. The van der Waals surface area contributed by atoms with Crippen LogP contribution in [-0.4, -0.2) is 21.1 Å². The molecule has 0 saturated carbocycles. The fraction of sp³-hybridized carbons (Fsp3) is 1.00. The molecule has 2 radical (unpaired) electrons. The quantitative estimate of drug-likeness (QED) is 0.430. The molecule has 0 aromatic rings. The molecule has 1 aliphatic rings. The van der Waals surface area contributed by atoms with E-state index in [-0.39, 0.29) is 5.31 Å². The first-order valence-corrected chi connectivity index (χ1v) is 3.07. The Hall–Kier alpha value is 0.0249. The molecule has 1 rings (SSSR count). The van der Waals surface area contributed by atoms with E-state index in [1.54, 1.807) is 0 Å². The van der Waals surface area contributed by atoms with Gasteiger partial charge in [0.2, 0.25) is 0 Å². The van der Waals surface area contributed by atoms with E-state index in [0.29, 0.717) is 0 Å². The van der Waals surface area contributed by atoms with E-state index in [9.17, 15) is 0 Å². The lowest BCUT2D eigenvalue weighted by atomic mass is 9.69. The lowest BCUT2D eigenvalue weighted by Gasteiger charge is -2.34. The van der Waals surface area contributed by atoms with Gasteiger partial charge in [-0.05, 0) is 5.31 Å². The summed E-state index contributed by atoms with van der Waals surface area (Å²) in [5.41, 5.74) is 0. The Morgan fingerprint density at radius 2 is 1.62 bits per heavy atom. The topological polar surface area (TPSA) is 9.23 Å². The van der Waals surface area contributed by atoms with Crippen molar-refractivity contribution in [2.45, 2.75) is 26.1 Å². The van der Waals surface area contributed by atoms with E-state index in [1.807, 2.05) is 20.8 Å². The summed E-state index contributed by atoms with van der Waals surface area (Å²) < 4.78 is 4.81. The van der Waals surface area contributed by atoms with Gasteiger partial charge in [-0.2, -0.15) is 0 Å². The summed E-state index contributed by atoms with van der Waals surface area (Å²) in [6.07, 6.45) is 0. The maximum absolute atomic E-state index is 5.50. The normalized spacial score (nSPS) is 22.4. The Kier molecular flexibility index (Phi) is 3.14. The fourth-order valence-corrected chi connectivity index (χ4v) is 0.424. The second-order valence-electron chi connectivity index (χ2n) is 2.15. The minimum absolute atomic E-state index is 0. The second-order valence-corrected chi connectivity index (χ2v) is 2.15. The summed E-state index contributed by atoms with van der Waals surface area (Å²) in [4.78, 5) is 0. The Balaban J connectivity index is 0.000000222. The molecule has 0 N–H and O–H groups in total. The predicted molar refractivity (Wildman–Crippen MR) is 36.3 cm³/mol. The first-order valence-electron chi connectivity index (χ1n) is 3.07. The Morgan fingerprint density at radius 1 is 1.38 bits per heavy atom. The molecule has 0 aromatic carbocycles. The molecule has 1 fully saturated rings. The third-order valence-corrected chi connectivity index (χ3v) is 0.864. The molecule has 0 aliphatic carbocycles. The second kappa shape index (κ2) is 3.13. The van der Waals surface area contributed by atoms with Crippen LogP contribution in [0.15, 0.2) is 0 Å². The van der Waals surface area contributed by atoms with Crippen molar-refractivity contribution in [1.82, 2.24) is 0 Å². The molecule has 8 heavy (non-hydrogen) atoms. The van der Waals surface area contributed by atoms with Crippen molar-refractivity contribution in [3.63, 3.8) is 0 Å². The summed E-state index contributed by atoms with van der Waals surface area (Å²) in [5.74, 6) is 0. The van der Waals surface area contributed by atoms with Crippen LogP contribution in [0.2, 0.25) is 5.31 Å². The van der Waals surface area contributed by atoms with Crippen molar-refractivity contribution in [2.75, 3.05) is 13.2 Å². The van der Waals surface area contributed by atoms with Gasteiger partial charge in [-0.25, -0.2) is 0 Å². The van der Waals surface area contributed by atoms with Crippen molar-refractivity contribution in [3.8, 4) is 0 Å². The van der Waals surface area contributed by atoms with Crippen molar-refractivity contribution >= 4 is 7.85 Å². The molecule has 1 aliphatic heterocycles. The molecule has 1 nitrogen and oxygen atoms in total. The lowest BCUT2D eigenvalue weighted by molar-refractivity contribution is -0.00965. The van der Waals surface area contributed by atoms with Crippen molar-refractivity contribution in [3.05, 3.63) is 0 Å². The fourth-order valence-electron chi connectivity index (χ4n) is 0.424. The zero-order chi connectivity index (χ0) is 6.62. The highest BCUT2D eigenvalue weighted by molar-refractivity contribution is 6.15. The van der Waals surface area contributed by atoms with Gasteiger partial charge in [0, 0.05) is 13.2 Å². The molecule has 0 aromatic heterocycles. The summed E-state index contributed by atoms with van der Waals surface area (Å²) in [7, 11) is 5.50. The van der Waals surface area contributed by atoms with E-state index < -0.39 is 0 Å². The molecule has 0 bridgehead atoms. The molecule has 0 amide bonds. The average Bonchev–Trinajstić information content (AvgIpc) is 1.69. The summed E-state index contributed by atoms with van der Waals surface area (Å²) >= 11 is 0. The molecule has 1 heterocycles. The number of ether oxygens (including phenoxy) is 1. The number of hydrogen-bond donors (Lipinski definition) is 0. The molecular formula is C6H13BO. The van der Waals surface area contributed by atoms with Crippen LogP contribution >= 0.6 is 0 Å². The van der Waals surface area contributed by atoms with Gasteiger partial charge < -0.3 is 4.74 Å². The summed E-state index contributed by atoms with van der Waals surface area (Å²) in [6.45, 7) is 7.44. The van der Waals surface area contributed by atoms with E-state index in [1.165, 1.54) is 0 Å². The van der Waals surface area contributed by atoms with Gasteiger partial charge >= 0.3 is 0 Å². The highest BCUT2D eigenvalue weighted by Crippen LogP contribution is 2.28. The summed E-state index contributed by atoms with van der Waals surface area (Å²) in [6, 6.07) is 0. The van der Waals surface area contributed by atoms with E-state index >= 15 is 0 Å².